The van der Waals surface area contributed by atoms with Gasteiger partial charge in [-0.2, -0.15) is 0 Å². The zero-order valence-corrected chi connectivity index (χ0v) is 12.9. The molecule has 0 saturated heterocycles. The molecule has 1 fully saturated rings. The second kappa shape index (κ2) is 5.47. The molecule has 1 aliphatic rings. The fourth-order valence-electron chi connectivity index (χ4n) is 3.52. The van der Waals surface area contributed by atoms with Crippen LogP contribution in [0.5, 0.6) is 0 Å². The van der Waals surface area contributed by atoms with Gasteiger partial charge in [0.1, 0.15) is 11.6 Å². The van der Waals surface area contributed by atoms with Crippen LogP contribution >= 0.6 is 0 Å². The van der Waals surface area contributed by atoms with Crippen LogP contribution < -0.4 is 5.73 Å². The Morgan fingerprint density at radius 1 is 1.10 bits per heavy atom. The van der Waals surface area contributed by atoms with Crippen LogP contribution in [0.3, 0.4) is 0 Å². The molecule has 21 heavy (non-hydrogen) atoms. The molecule has 0 amide bonds. The van der Waals surface area contributed by atoms with E-state index in [2.05, 4.69) is 42.2 Å². The minimum Gasteiger partial charge on any atom is -0.383 e. The van der Waals surface area contributed by atoms with Crippen LogP contribution in [-0.2, 0) is 11.8 Å². The summed E-state index contributed by atoms with van der Waals surface area (Å²) in [5.74, 6) is 1.56. The van der Waals surface area contributed by atoms with E-state index >= 15 is 0 Å². The monoisotopic (exact) mass is 281 g/mol. The van der Waals surface area contributed by atoms with E-state index in [1.807, 2.05) is 6.92 Å². The summed E-state index contributed by atoms with van der Waals surface area (Å²) in [6.07, 6.45) is 5.59. The van der Waals surface area contributed by atoms with E-state index in [-0.39, 0.29) is 5.41 Å². The zero-order valence-electron chi connectivity index (χ0n) is 12.9. The molecule has 0 unspecified atom stereocenters. The summed E-state index contributed by atoms with van der Waals surface area (Å²) in [6.45, 7) is 4.14. The van der Waals surface area contributed by atoms with Crippen molar-refractivity contribution in [2.45, 2.75) is 51.4 Å². The molecule has 3 rings (SSSR count). The average Bonchev–Trinajstić information content (AvgIpc) is 3.01. The van der Waals surface area contributed by atoms with Crippen molar-refractivity contribution in [1.82, 2.24) is 9.97 Å². The van der Waals surface area contributed by atoms with E-state index in [4.69, 9.17) is 10.7 Å². The van der Waals surface area contributed by atoms with E-state index < -0.39 is 0 Å². The van der Waals surface area contributed by atoms with Gasteiger partial charge >= 0.3 is 0 Å². The first kappa shape index (κ1) is 14.1. The number of aryl methyl sites for hydroxylation is 1. The standard InChI is InChI=1S/C18H23N3/c1-3-15-13(2)16(19)21-17(20-15)18(11-7-8-12-18)14-9-5-4-6-10-14/h4-6,9-10H,3,7-8,11-12H2,1-2H3,(H2,19,20,21). The number of nitrogen functional groups attached to an aromatic ring is 1. The van der Waals surface area contributed by atoms with E-state index in [1.54, 1.807) is 0 Å². The molecule has 0 aliphatic heterocycles. The smallest absolute Gasteiger partial charge is 0.141 e. The third kappa shape index (κ3) is 2.31. The molecule has 110 valence electrons. The molecule has 0 atom stereocenters. The first-order chi connectivity index (χ1) is 10.2. The number of aromatic nitrogens is 2. The van der Waals surface area contributed by atoms with Gasteiger partial charge in [-0.05, 0) is 31.7 Å². The Balaban J connectivity index is 2.17. The largest absolute Gasteiger partial charge is 0.383 e. The molecular formula is C18H23N3. The maximum absolute atomic E-state index is 6.15. The van der Waals surface area contributed by atoms with E-state index in [0.29, 0.717) is 5.82 Å². The maximum Gasteiger partial charge on any atom is 0.141 e. The molecule has 0 bridgehead atoms. The lowest BCUT2D eigenvalue weighted by molar-refractivity contribution is 0.497. The summed E-state index contributed by atoms with van der Waals surface area (Å²) < 4.78 is 0. The molecule has 1 heterocycles. The van der Waals surface area contributed by atoms with Crippen molar-refractivity contribution in [2.24, 2.45) is 0 Å². The van der Waals surface area contributed by atoms with Gasteiger partial charge in [-0.3, -0.25) is 0 Å². The number of rotatable bonds is 3. The van der Waals surface area contributed by atoms with E-state index in [9.17, 15) is 0 Å². The lowest BCUT2D eigenvalue weighted by atomic mass is 9.78. The minimum atomic E-state index is -0.0486. The van der Waals surface area contributed by atoms with Crippen molar-refractivity contribution in [2.75, 3.05) is 5.73 Å². The molecule has 3 nitrogen and oxygen atoms in total. The van der Waals surface area contributed by atoms with Crippen LogP contribution in [0.4, 0.5) is 5.82 Å². The Morgan fingerprint density at radius 3 is 2.38 bits per heavy atom. The normalized spacial score (nSPS) is 17.0. The fraction of sp³-hybridized carbons (Fsp3) is 0.444. The summed E-state index contributed by atoms with van der Waals surface area (Å²) in [4.78, 5) is 9.57. The Bertz CT molecular complexity index is 628. The highest BCUT2D eigenvalue weighted by molar-refractivity contribution is 5.44. The predicted octanol–water partition coefficient (Wildman–Crippen LogP) is 3.79. The predicted molar refractivity (Wildman–Crippen MR) is 86.2 cm³/mol. The van der Waals surface area contributed by atoms with Gasteiger partial charge < -0.3 is 5.73 Å². The number of hydrogen-bond donors (Lipinski definition) is 1. The van der Waals surface area contributed by atoms with Crippen molar-refractivity contribution >= 4 is 5.82 Å². The minimum absolute atomic E-state index is 0.0486. The maximum atomic E-state index is 6.15. The topological polar surface area (TPSA) is 51.8 Å². The Hall–Kier alpha value is -1.90. The quantitative estimate of drug-likeness (QED) is 0.931. The van der Waals surface area contributed by atoms with Gasteiger partial charge in [0.15, 0.2) is 0 Å². The lowest BCUT2D eigenvalue weighted by Crippen LogP contribution is -2.28. The van der Waals surface area contributed by atoms with Gasteiger partial charge in [0.05, 0.1) is 5.41 Å². The van der Waals surface area contributed by atoms with Crippen molar-refractivity contribution in [3.8, 4) is 0 Å². The lowest BCUT2D eigenvalue weighted by Gasteiger charge is -2.29. The Kier molecular flexibility index (Phi) is 3.66. The Morgan fingerprint density at radius 2 is 1.76 bits per heavy atom. The van der Waals surface area contributed by atoms with Gasteiger partial charge in [-0.15, -0.1) is 0 Å². The van der Waals surface area contributed by atoms with E-state index in [0.717, 1.165) is 36.3 Å². The number of hydrogen-bond acceptors (Lipinski definition) is 3. The molecule has 2 aromatic rings. The second-order valence-corrected chi connectivity index (χ2v) is 6.01. The number of nitrogens with zero attached hydrogens (tertiary/aromatic N) is 2. The average molecular weight is 281 g/mol. The Labute approximate surface area is 126 Å². The van der Waals surface area contributed by atoms with Gasteiger partial charge in [0, 0.05) is 11.3 Å². The van der Waals surface area contributed by atoms with Gasteiger partial charge in [0.25, 0.3) is 0 Å². The highest BCUT2D eigenvalue weighted by Crippen LogP contribution is 2.45. The molecule has 1 saturated carbocycles. The first-order valence-corrected chi connectivity index (χ1v) is 7.86. The van der Waals surface area contributed by atoms with E-state index in [1.165, 1.54) is 18.4 Å². The SMILES string of the molecule is CCc1nc(C2(c3ccccc3)CCCC2)nc(N)c1C. The highest BCUT2D eigenvalue weighted by Gasteiger charge is 2.40. The van der Waals surface area contributed by atoms with Crippen molar-refractivity contribution in [3.05, 3.63) is 53.0 Å². The van der Waals surface area contributed by atoms with Crippen molar-refractivity contribution in [1.29, 1.82) is 0 Å². The molecular weight excluding hydrogens is 258 g/mol. The highest BCUT2D eigenvalue weighted by atomic mass is 15.0. The number of nitrogens with two attached hydrogens (primary N) is 1. The summed E-state index contributed by atoms with van der Waals surface area (Å²) in [5, 5.41) is 0. The second-order valence-electron chi connectivity index (χ2n) is 6.01. The summed E-state index contributed by atoms with van der Waals surface area (Å²) in [5.41, 5.74) is 9.54. The van der Waals surface area contributed by atoms with Crippen LogP contribution in [0.1, 0.15) is 55.3 Å². The van der Waals surface area contributed by atoms with Crippen LogP contribution in [-0.4, -0.2) is 9.97 Å². The molecule has 1 aromatic carbocycles. The van der Waals surface area contributed by atoms with Crippen molar-refractivity contribution < 1.29 is 0 Å². The van der Waals surface area contributed by atoms with Crippen LogP contribution in [0.2, 0.25) is 0 Å². The molecule has 2 N–H and O–H groups in total. The molecule has 3 heteroatoms. The first-order valence-electron chi connectivity index (χ1n) is 7.86. The number of benzene rings is 1. The summed E-state index contributed by atoms with van der Waals surface area (Å²) in [7, 11) is 0. The zero-order chi connectivity index (χ0) is 14.9. The van der Waals surface area contributed by atoms with Crippen LogP contribution in [0.25, 0.3) is 0 Å². The molecule has 0 spiro atoms. The molecule has 1 aromatic heterocycles. The van der Waals surface area contributed by atoms with Crippen LogP contribution in [0, 0.1) is 6.92 Å². The van der Waals surface area contributed by atoms with Gasteiger partial charge in [0.2, 0.25) is 0 Å². The third-order valence-electron chi connectivity index (χ3n) is 4.83. The van der Waals surface area contributed by atoms with Crippen LogP contribution in [0.15, 0.2) is 30.3 Å². The fourth-order valence-corrected chi connectivity index (χ4v) is 3.52. The third-order valence-corrected chi connectivity index (χ3v) is 4.83. The van der Waals surface area contributed by atoms with Gasteiger partial charge in [-0.25, -0.2) is 9.97 Å². The number of anilines is 1. The summed E-state index contributed by atoms with van der Waals surface area (Å²) >= 11 is 0. The summed E-state index contributed by atoms with van der Waals surface area (Å²) in [6, 6.07) is 10.7. The van der Waals surface area contributed by atoms with Crippen molar-refractivity contribution in [3.63, 3.8) is 0 Å². The molecule has 0 radical (unpaired) electrons. The van der Waals surface area contributed by atoms with Gasteiger partial charge in [-0.1, -0.05) is 50.1 Å². The molecule has 1 aliphatic carbocycles.